The van der Waals surface area contributed by atoms with Crippen LogP contribution in [0.4, 0.5) is 0 Å². The molecule has 4 nitrogen and oxygen atoms in total. The maximum absolute atomic E-state index is 12.2. The molecule has 1 saturated carbocycles. The number of piperidine rings is 1. The summed E-state index contributed by atoms with van der Waals surface area (Å²) in [6, 6.07) is 0.900. The van der Waals surface area contributed by atoms with Gasteiger partial charge in [0.15, 0.2) is 0 Å². The Kier molecular flexibility index (Phi) is 5.31. The lowest BCUT2D eigenvalue weighted by Crippen LogP contribution is -2.56. The van der Waals surface area contributed by atoms with Gasteiger partial charge in [0.1, 0.15) is 5.54 Å². The van der Waals surface area contributed by atoms with Gasteiger partial charge in [-0.1, -0.05) is 13.8 Å². The van der Waals surface area contributed by atoms with Crippen molar-refractivity contribution >= 4 is 5.97 Å². The molecule has 1 N–H and O–H groups in total. The Labute approximate surface area is 129 Å². The molecule has 0 bridgehead atoms. The Morgan fingerprint density at radius 1 is 1.33 bits per heavy atom. The van der Waals surface area contributed by atoms with Crippen LogP contribution in [0.25, 0.3) is 0 Å². The average molecular weight is 296 g/mol. The van der Waals surface area contributed by atoms with Crippen LogP contribution in [-0.4, -0.2) is 48.7 Å². The van der Waals surface area contributed by atoms with Crippen LogP contribution < -0.4 is 5.32 Å². The van der Waals surface area contributed by atoms with Gasteiger partial charge < -0.3 is 9.64 Å². The fourth-order valence-corrected chi connectivity index (χ4v) is 3.52. The summed E-state index contributed by atoms with van der Waals surface area (Å²) >= 11 is 0. The van der Waals surface area contributed by atoms with E-state index in [1.54, 1.807) is 0 Å². The molecule has 1 saturated heterocycles. The monoisotopic (exact) mass is 296 g/mol. The zero-order chi connectivity index (χ0) is 15.6. The molecule has 4 atom stereocenters. The van der Waals surface area contributed by atoms with Crippen molar-refractivity contribution in [3.63, 3.8) is 0 Å². The third-order valence-corrected chi connectivity index (χ3v) is 5.43. The van der Waals surface area contributed by atoms with E-state index in [4.69, 9.17) is 4.74 Å². The second kappa shape index (κ2) is 6.66. The number of rotatable bonds is 6. The summed E-state index contributed by atoms with van der Waals surface area (Å²) in [5, 5.41) is 3.51. The zero-order valence-electron chi connectivity index (χ0n) is 14.3. The molecule has 0 spiro atoms. The minimum atomic E-state index is -0.554. The van der Waals surface area contributed by atoms with Crippen LogP contribution in [0.5, 0.6) is 0 Å². The first-order chi connectivity index (χ1) is 9.85. The number of ether oxygens (including phenoxy) is 1. The highest BCUT2D eigenvalue weighted by Crippen LogP contribution is 2.29. The number of carbonyl (C=O) groups is 1. The van der Waals surface area contributed by atoms with Gasteiger partial charge in [-0.25, -0.2) is 0 Å². The summed E-state index contributed by atoms with van der Waals surface area (Å²) in [7, 11) is 1.49. The summed E-state index contributed by atoms with van der Waals surface area (Å²) in [5.41, 5.74) is -0.554. The Balaban J connectivity index is 1.96. The van der Waals surface area contributed by atoms with Gasteiger partial charge >= 0.3 is 5.97 Å². The van der Waals surface area contributed by atoms with E-state index in [0.29, 0.717) is 12.1 Å². The van der Waals surface area contributed by atoms with Gasteiger partial charge in [0.05, 0.1) is 7.11 Å². The summed E-state index contributed by atoms with van der Waals surface area (Å²) in [5.74, 6) is 1.42. The van der Waals surface area contributed by atoms with Gasteiger partial charge in [-0.3, -0.25) is 10.1 Å². The molecule has 4 heteroatoms. The maximum Gasteiger partial charge on any atom is 0.325 e. The highest BCUT2D eigenvalue weighted by atomic mass is 16.5. The quantitative estimate of drug-likeness (QED) is 0.764. The smallest absolute Gasteiger partial charge is 0.325 e. The molecule has 1 heterocycles. The van der Waals surface area contributed by atoms with Crippen molar-refractivity contribution in [2.45, 2.75) is 71.0 Å². The van der Waals surface area contributed by atoms with Crippen LogP contribution in [0.3, 0.4) is 0 Å². The summed E-state index contributed by atoms with van der Waals surface area (Å²) in [6.07, 6.45) is 4.44. The Hall–Kier alpha value is -0.610. The molecule has 2 fully saturated rings. The number of likely N-dealkylation sites (tertiary alicyclic amines) is 1. The van der Waals surface area contributed by atoms with Gasteiger partial charge in [-0.15, -0.1) is 0 Å². The fraction of sp³-hybridized carbons (Fsp3) is 0.941. The summed E-state index contributed by atoms with van der Waals surface area (Å²) in [6.45, 7) is 11.2. The number of carbonyl (C=O) groups excluding carboxylic acids is 1. The first-order valence-corrected chi connectivity index (χ1v) is 8.46. The number of nitrogens with zero attached hydrogens (tertiary/aromatic N) is 1. The molecular formula is C17H32N2O2. The second-order valence-corrected chi connectivity index (χ2v) is 7.53. The topological polar surface area (TPSA) is 41.6 Å². The third kappa shape index (κ3) is 4.19. The zero-order valence-corrected chi connectivity index (χ0v) is 14.3. The van der Waals surface area contributed by atoms with Crippen molar-refractivity contribution in [1.29, 1.82) is 0 Å². The van der Waals surface area contributed by atoms with Crippen LogP contribution >= 0.6 is 0 Å². The Morgan fingerprint density at radius 2 is 2.00 bits per heavy atom. The Bertz CT molecular complexity index is 370. The molecule has 0 radical (unpaired) electrons. The van der Waals surface area contributed by atoms with Crippen molar-refractivity contribution in [2.75, 3.05) is 20.2 Å². The fourth-order valence-electron chi connectivity index (χ4n) is 3.52. The van der Waals surface area contributed by atoms with E-state index in [9.17, 15) is 4.79 Å². The summed E-state index contributed by atoms with van der Waals surface area (Å²) < 4.78 is 5.05. The lowest BCUT2D eigenvalue weighted by molar-refractivity contribution is -0.149. The SMILES string of the molecule is COC(=O)C(C)(CC(C)N1CCC(C)C(C)C1)NC1CC1. The number of hydrogen-bond acceptors (Lipinski definition) is 4. The predicted molar refractivity (Wildman–Crippen MR) is 85.2 cm³/mol. The van der Waals surface area contributed by atoms with E-state index >= 15 is 0 Å². The lowest BCUT2D eigenvalue weighted by Gasteiger charge is -2.41. The molecule has 0 aromatic carbocycles. The van der Waals surface area contributed by atoms with Gasteiger partial charge in [0.25, 0.3) is 0 Å². The van der Waals surface area contributed by atoms with Gasteiger partial charge in [-0.2, -0.15) is 0 Å². The minimum absolute atomic E-state index is 0.125. The Morgan fingerprint density at radius 3 is 2.52 bits per heavy atom. The standard InChI is InChI=1S/C17H32N2O2/c1-12-8-9-19(11-13(12)2)14(3)10-17(4,16(20)21-5)18-15-6-7-15/h12-15,18H,6-11H2,1-5H3. The highest BCUT2D eigenvalue weighted by Gasteiger charge is 2.41. The number of nitrogens with one attached hydrogen (secondary N) is 1. The number of hydrogen-bond donors (Lipinski definition) is 1. The highest BCUT2D eigenvalue weighted by molar-refractivity contribution is 5.80. The van der Waals surface area contributed by atoms with Crippen molar-refractivity contribution in [2.24, 2.45) is 11.8 Å². The molecule has 2 rings (SSSR count). The molecule has 1 aliphatic heterocycles. The van der Waals surface area contributed by atoms with Crippen molar-refractivity contribution in [3.8, 4) is 0 Å². The molecule has 1 aliphatic carbocycles. The number of methoxy groups -OCH3 is 1. The first kappa shape index (κ1) is 16.8. The van der Waals surface area contributed by atoms with Gasteiger partial charge in [0.2, 0.25) is 0 Å². The van der Waals surface area contributed by atoms with Crippen LogP contribution in [0.2, 0.25) is 0 Å². The van der Waals surface area contributed by atoms with E-state index in [2.05, 4.69) is 31.0 Å². The number of esters is 1. The van der Waals surface area contributed by atoms with E-state index in [0.717, 1.165) is 31.3 Å². The van der Waals surface area contributed by atoms with Crippen LogP contribution in [-0.2, 0) is 9.53 Å². The second-order valence-electron chi connectivity index (χ2n) is 7.53. The predicted octanol–water partition coefficient (Wildman–Crippen LogP) is 2.43. The van der Waals surface area contributed by atoms with E-state index < -0.39 is 5.54 Å². The molecule has 0 aromatic rings. The van der Waals surface area contributed by atoms with E-state index in [1.165, 1.54) is 26.4 Å². The van der Waals surface area contributed by atoms with Crippen LogP contribution in [0.1, 0.15) is 53.4 Å². The van der Waals surface area contributed by atoms with Crippen molar-refractivity contribution < 1.29 is 9.53 Å². The van der Waals surface area contributed by atoms with Gasteiger partial charge in [0, 0.05) is 18.6 Å². The maximum atomic E-state index is 12.2. The molecule has 4 unspecified atom stereocenters. The first-order valence-electron chi connectivity index (χ1n) is 8.46. The molecule has 122 valence electrons. The molecule has 2 aliphatic rings. The van der Waals surface area contributed by atoms with Crippen molar-refractivity contribution in [1.82, 2.24) is 10.2 Å². The van der Waals surface area contributed by atoms with Crippen LogP contribution in [0.15, 0.2) is 0 Å². The largest absolute Gasteiger partial charge is 0.468 e. The van der Waals surface area contributed by atoms with Gasteiger partial charge in [-0.05, 0) is 57.9 Å². The van der Waals surface area contributed by atoms with Crippen LogP contribution in [0, 0.1) is 11.8 Å². The van der Waals surface area contributed by atoms with E-state index in [-0.39, 0.29) is 5.97 Å². The summed E-state index contributed by atoms with van der Waals surface area (Å²) in [4.78, 5) is 14.8. The third-order valence-electron chi connectivity index (χ3n) is 5.43. The average Bonchev–Trinajstić information content (AvgIpc) is 3.24. The molecular weight excluding hydrogens is 264 g/mol. The minimum Gasteiger partial charge on any atom is -0.468 e. The normalized spacial score (nSPS) is 31.5. The lowest BCUT2D eigenvalue weighted by atomic mass is 9.86. The molecule has 0 aromatic heterocycles. The molecule has 0 amide bonds. The van der Waals surface area contributed by atoms with Crippen molar-refractivity contribution in [3.05, 3.63) is 0 Å². The van der Waals surface area contributed by atoms with E-state index in [1.807, 2.05) is 6.92 Å². The molecule has 21 heavy (non-hydrogen) atoms.